The topological polar surface area (TPSA) is 37.8 Å². The van der Waals surface area contributed by atoms with Gasteiger partial charge in [-0.1, -0.05) is 12.1 Å². The third-order valence-electron chi connectivity index (χ3n) is 3.72. The van der Waals surface area contributed by atoms with Crippen molar-refractivity contribution in [2.24, 2.45) is 0 Å². The van der Waals surface area contributed by atoms with Gasteiger partial charge in [0, 0.05) is 30.5 Å². The van der Waals surface area contributed by atoms with Gasteiger partial charge < -0.3 is 0 Å². The first-order valence-corrected chi connectivity index (χ1v) is 6.54. The average Bonchev–Trinajstić information content (AvgIpc) is 2.76. The molecule has 0 unspecified atom stereocenters. The highest BCUT2D eigenvalue weighted by atomic mass is 19.4. The van der Waals surface area contributed by atoms with Crippen LogP contribution in [0.25, 0.3) is 5.69 Å². The number of hydrogen-bond acceptors (Lipinski definition) is 1. The maximum Gasteiger partial charge on any atom is 0.418 e. The number of aromatic amines is 1. The van der Waals surface area contributed by atoms with Gasteiger partial charge in [0.2, 0.25) is 5.92 Å². The smallest absolute Gasteiger partial charge is 0.295 e. The number of hydrogen-bond donors (Lipinski definition) is 1. The normalized spacial score (nSPS) is 18.2. The number of para-hydroxylation sites is 1. The van der Waals surface area contributed by atoms with E-state index in [4.69, 9.17) is 0 Å². The minimum Gasteiger partial charge on any atom is -0.295 e. The molecule has 0 saturated heterocycles. The lowest BCUT2D eigenvalue weighted by atomic mass is 9.79. The monoisotopic (exact) mass is 318 g/mol. The predicted molar refractivity (Wildman–Crippen MR) is 68.3 cm³/mol. The zero-order valence-corrected chi connectivity index (χ0v) is 11.1. The Morgan fingerprint density at radius 3 is 2.41 bits per heavy atom. The van der Waals surface area contributed by atoms with Crippen LogP contribution in [0.2, 0.25) is 0 Å². The van der Waals surface area contributed by atoms with Crippen molar-refractivity contribution in [2.75, 3.05) is 0 Å². The van der Waals surface area contributed by atoms with Gasteiger partial charge in [-0.15, -0.1) is 0 Å². The lowest BCUT2D eigenvalue weighted by Crippen LogP contribution is -2.33. The summed E-state index contributed by atoms with van der Waals surface area (Å²) < 4.78 is 65.4. The highest BCUT2D eigenvalue weighted by molar-refractivity contribution is 5.42. The Labute approximate surface area is 121 Å². The first-order valence-electron chi connectivity index (χ1n) is 6.54. The fourth-order valence-electron chi connectivity index (χ4n) is 2.59. The van der Waals surface area contributed by atoms with Gasteiger partial charge >= 0.3 is 6.18 Å². The highest BCUT2D eigenvalue weighted by Crippen LogP contribution is 2.47. The molecule has 2 aromatic rings. The van der Waals surface area contributed by atoms with Crippen molar-refractivity contribution in [2.45, 2.75) is 30.9 Å². The summed E-state index contributed by atoms with van der Waals surface area (Å²) in [6, 6.07) is 5.68. The van der Waals surface area contributed by atoms with E-state index in [0.717, 1.165) is 22.9 Å². The number of alkyl halides is 5. The van der Waals surface area contributed by atoms with Crippen molar-refractivity contribution in [3.05, 3.63) is 51.9 Å². The molecule has 0 bridgehead atoms. The quantitative estimate of drug-likeness (QED) is 0.843. The summed E-state index contributed by atoms with van der Waals surface area (Å²) in [6.07, 6.45) is -5.44. The Morgan fingerprint density at radius 1 is 1.18 bits per heavy atom. The summed E-state index contributed by atoms with van der Waals surface area (Å²) in [5, 5.41) is 2.52. The van der Waals surface area contributed by atoms with Crippen LogP contribution in [0, 0.1) is 0 Å². The zero-order valence-electron chi connectivity index (χ0n) is 11.1. The van der Waals surface area contributed by atoms with Crippen molar-refractivity contribution >= 4 is 0 Å². The largest absolute Gasteiger partial charge is 0.418 e. The van der Waals surface area contributed by atoms with Crippen molar-refractivity contribution in [3.63, 3.8) is 0 Å². The van der Waals surface area contributed by atoms with E-state index in [1.807, 2.05) is 0 Å². The number of aromatic nitrogens is 2. The van der Waals surface area contributed by atoms with E-state index in [0.29, 0.717) is 0 Å². The molecule has 1 aromatic heterocycles. The molecule has 8 heteroatoms. The van der Waals surface area contributed by atoms with E-state index >= 15 is 0 Å². The second-order valence-corrected chi connectivity index (χ2v) is 5.36. The fourth-order valence-corrected chi connectivity index (χ4v) is 2.59. The van der Waals surface area contributed by atoms with Gasteiger partial charge in [0.05, 0.1) is 11.3 Å². The Kier molecular flexibility index (Phi) is 3.15. The molecule has 1 aliphatic rings. The molecule has 1 aliphatic carbocycles. The Bertz CT molecular complexity index is 751. The maximum atomic E-state index is 13.0. The number of nitrogens with zero attached hydrogens (tertiary/aromatic N) is 1. The van der Waals surface area contributed by atoms with Crippen LogP contribution in [-0.2, 0) is 6.18 Å². The molecule has 1 saturated carbocycles. The SMILES string of the molecule is O=c1cc(C2CC(F)(F)C2)[nH]n1-c1ccccc1C(F)(F)F. The number of halogens is 5. The summed E-state index contributed by atoms with van der Waals surface area (Å²) in [5.41, 5.74) is -1.79. The molecule has 1 heterocycles. The van der Waals surface area contributed by atoms with Crippen LogP contribution in [-0.4, -0.2) is 15.7 Å². The molecule has 1 fully saturated rings. The van der Waals surface area contributed by atoms with Crippen molar-refractivity contribution in [1.82, 2.24) is 9.78 Å². The molecule has 0 aliphatic heterocycles. The van der Waals surface area contributed by atoms with E-state index in [1.165, 1.54) is 12.1 Å². The Hall–Kier alpha value is -2.12. The molecule has 0 spiro atoms. The summed E-state index contributed by atoms with van der Waals surface area (Å²) in [7, 11) is 0. The van der Waals surface area contributed by atoms with Gasteiger partial charge in [-0.3, -0.25) is 9.89 Å². The highest BCUT2D eigenvalue weighted by Gasteiger charge is 2.46. The summed E-state index contributed by atoms with van der Waals surface area (Å²) in [4.78, 5) is 11.9. The van der Waals surface area contributed by atoms with Crippen LogP contribution in [0.1, 0.15) is 30.0 Å². The van der Waals surface area contributed by atoms with Gasteiger partial charge in [0.15, 0.2) is 0 Å². The lowest BCUT2D eigenvalue weighted by molar-refractivity contribution is -0.137. The summed E-state index contributed by atoms with van der Waals surface area (Å²) in [5.74, 6) is -3.31. The standard InChI is InChI=1S/C14H11F5N2O/c15-13(16)6-8(7-13)10-5-12(22)21(20-10)11-4-2-1-3-9(11)14(17,18)19/h1-5,8,20H,6-7H2. The predicted octanol–water partition coefficient (Wildman–Crippen LogP) is 3.70. The van der Waals surface area contributed by atoms with Gasteiger partial charge in [-0.05, 0) is 12.1 Å². The summed E-state index contributed by atoms with van der Waals surface area (Å²) in [6.45, 7) is 0. The van der Waals surface area contributed by atoms with E-state index in [-0.39, 0.29) is 11.4 Å². The maximum absolute atomic E-state index is 13.0. The van der Waals surface area contributed by atoms with Crippen LogP contribution in [0.5, 0.6) is 0 Å². The van der Waals surface area contributed by atoms with Gasteiger partial charge in [-0.2, -0.15) is 13.2 Å². The van der Waals surface area contributed by atoms with Crippen LogP contribution in [0.15, 0.2) is 35.1 Å². The number of H-pyrrole nitrogens is 1. The van der Waals surface area contributed by atoms with Crippen LogP contribution in [0.3, 0.4) is 0 Å². The molecule has 1 N–H and O–H groups in total. The van der Waals surface area contributed by atoms with E-state index < -0.39 is 42.0 Å². The summed E-state index contributed by atoms with van der Waals surface area (Å²) >= 11 is 0. The molecule has 3 nitrogen and oxygen atoms in total. The third kappa shape index (κ3) is 2.53. The van der Waals surface area contributed by atoms with Crippen molar-refractivity contribution < 1.29 is 22.0 Å². The second kappa shape index (κ2) is 4.69. The van der Waals surface area contributed by atoms with Gasteiger partial charge in [-0.25, -0.2) is 13.5 Å². The number of rotatable bonds is 2. The van der Waals surface area contributed by atoms with Crippen LogP contribution in [0.4, 0.5) is 22.0 Å². The fraction of sp³-hybridized carbons (Fsp3) is 0.357. The Morgan fingerprint density at radius 2 is 1.82 bits per heavy atom. The first-order chi connectivity index (χ1) is 10.2. The van der Waals surface area contributed by atoms with E-state index in [9.17, 15) is 26.7 Å². The molecule has 22 heavy (non-hydrogen) atoms. The second-order valence-electron chi connectivity index (χ2n) is 5.36. The average molecular weight is 318 g/mol. The van der Waals surface area contributed by atoms with Gasteiger partial charge in [0.1, 0.15) is 0 Å². The molecular formula is C14H11F5N2O. The molecule has 0 atom stereocenters. The first kappa shape index (κ1) is 14.8. The van der Waals surface area contributed by atoms with Crippen LogP contribution < -0.4 is 5.56 Å². The molecule has 0 amide bonds. The molecule has 3 rings (SSSR count). The van der Waals surface area contributed by atoms with E-state index in [1.54, 1.807) is 0 Å². The van der Waals surface area contributed by atoms with Crippen LogP contribution >= 0.6 is 0 Å². The van der Waals surface area contributed by atoms with Crippen molar-refractivity contribution in [3.8, 4) is 5.69 Å². The Balaban J connectivity index is 2.01. The lowest BCUT2D eigenvalue weighted by Gasteiger charge is -2.34. The molecular weight excluding hydrogens is 307 g/mol. The zero-order chi connectivity index (χ0) is 16.1. The number of nitrogens with one attached hydrogen (secondary N) is 1. The minimum atomic E-state index is -4.62. The van der Waals surface area contributed by atoms with E-state index in [2.05, 4.69) is 5.10 Å². The van der Waals surface area contributed by atoms with Gasteiger partial charge in [0.25, 0.3) is 5.56 Å². The molecule has 1 aromatic carbocycles. The molecule has 0 radical (unpaired) electrons. The third-order valence-corrected chi connectivity index (χ3v) is 3.72. The van der Waals surface area contributed by atoms with Crippen molar-refractivity contribution in [1.29, 1.82) is 0 Å². The number of benzene rings is 1. The minimum absolute atomic E-state index is 0.230. The molecule has 118 valence electrons.